The quantitative estimate of drug-likeness (QED) is 0.739. The Morgan fingerprint density at radius 1 is 1.25 bits per heavy atom. The van der Waals surface area contributed by atoms with Crippen molar-refractivity contribution in [2.24, 2.45) is 0 Å². The van der Waals surface area contributed by atoms with Gasteiger partial charge in [0.1, 0.15) is 11.5 Å². The molecule has 2 aliphatic rings. The predicted molar refractivity (Wildman–Crippen MR) is 101 cm³/mol. The van der Waals surface area contributed by atoms with E-state index in [1.807, 2.05) is 16.4 Å². The van der Waals surface area contributed by atoms with Crippen LogP contribution in [-0.2, 0) is 11.3 Å². The molecule has 3 heterocycles. The number of likely N-dealkylation sites (tertiary alicyclic amines) is 1. The molecule has 0 radical (unpaired) electrons. The average Bonchev–Trinajstić information content (AvgIpc) is 3.50. The lowest BCUT2D eigenvalue weighted by Gasteiger charge is -2.32. The van der Waals surface area contributed by atoms with Crippen LogP contribution >= 0.6 is 0 Å². The molecule has 2 fully saturated rings. The molecule has 28 heavy (non-hydrogen) atoms. The van der Waals surface area contributed by atoms with E-state index in [-0.39, 0.29) is 23.6 Å². The Morgan fingerprint density at radius 3 is 2.75 bits per heavy atom. The third-order valence-electron chi connectivity index (χ3n) is 5.39. The van der Waals surface area contributed by atoms with E-state index in [1.54, 1.807) is 13.3 Å². The zero-order valence-corrected chi connectivity index (χ0v) is 16.4. The van der Waals surface area contributed by atoms with Gasteiger partial charge in [0, 0.05) is 38.4 Å². The molecule has 1 aliphatic heterocycles. The Balaban J connectivity index is 1.56. The lowest BCUT2D eigenvalue weighted by Crippen LogP contribution is -2.40. The summed E-state index contributed by atoms with van der Waals surface area (Å²) in [4.78, 5) is 35.8. The number of piperidine rings is 1. The van der Waals surface area contributed by atoms with E-state index in [2.05, 4.69) is 15.1 Å². The van der Waals surface area contributed by atoms with Crippen LogP contribution in [0.3, 0.4) is 0 Å². The number of hydrogen-bond donors (Lipinski definition) is 0. The van der Waals surface area contributed by atoms with Crippen LogP contribution in [0.25, 0.3) is 0 Å². The Kier molecular flexibility index (Phi) is 5.25. The number of hydrogen-bond acceptors (Lipinski definition) is 6. The number of carbonyl (C=O) groups is 1. The number of rotatable bonds is 6. The van der Waals surface area contributed by atoms with Crippen molar-refractivity contribution in [2.75, 3.05) is 26.8 Å². The molecule has 2 aromatic rings. The SMILES string of the molecule is COCCn1nc(C2CCCN(C(=O)c3cnc(C)cn3)C2)n(C2CC2)c1=O. The van der Waals surface area contributed by atoms with Gasteiger partial charge in [-0.3, -0.25) is 14.3 Å². The number of nitrogens with zero attached hydrogens (tertiary/aromatic N) is 6. The second-order valence-corrected chi connectivity index (χ2v) is 7.59. The first-order chi connectivity index (χ1) is 13.6. The molecule has 1 unspecified atom stereocenters. The van der Waals surface area contributed by atoms with Crippen molar-refractivity contribution in [1.29, 1.82) is 0 Å². The molecule has 1 amide bonds. The minimum Gasteiger partial charge on any atom is -0.383 e. The van der Waals surface area contributed by atoms with Gasteiger partial charge in [-0.15, -0.1) is 0 Å². The first kappa shape index (κ1) is 18.8. The standard InChI is InChI=1S/C19H26N6O3/c1-13-10-21-16(11-20-13)18(26)23-7-3-4-14(12-23)17-22-24(8-9-28-2)19(27)25(17)15-5-6-15/h10-11,14-15H,3-9,12H2,1-2H3. The van der Waals surface area contributed by atoms with Crippen LogP contribution < -0.4 is 5.69 Å². The molecule has 150 valence electrons. The molecular formula is C19H26N6O3. The number of methoxy groups -OCH3 is 1. The van der Waals surface area contributed by atoms with Crippen LogP contribution in [-0.4, -0.2) is 61.9 Å². The van der Waals surface area contributed by atoms with E-state index in [4.69, 9.17) is 4.74 Å². The van der Waals surface area contributed by atoms with Crippen LogP contribution in [0.1, 0.15) is 59.6 Å². The van der Waals surface area contributed by atoms with Gasteiger partial charge in [-0.1, -0.05) is 0 Å². The molecule has 0 N–H and O–H groups in total. The number of aromatic nitrogens is 5. The smallest absolute Gasteiger partial charge is 0.346 e. The second kappa shape index (κ2) is 7.83. The normalized spacial score (nSPS) is 19.8. The molecule has 0 aromatic carbocycles. The number of amides is 1. The molecule has 4 rings (SSSR count). The highest BCUT2D eigenvalue weighted by molar-refractivity contribution is 5.92. The summed E-state index contributed by atoms with van der Waals surface area (Å²) in [5.74, 6) is 0.737. The topological polar surface area (TPSA) is 95.1 Å². The van der Waals surface area contributed by atoms with Crippen LogP contribution in [0.2, 0.25) is 0 Å². The first-order valence-electron chi connectivity index (χ1n) is 9.84. The molecular weight excluding hydrogens is 360 g/mol. The van der Waals surface area contributed by atoms with E-state index in [1.165, 1.54) is 10.9 Å². The van der Waals surface area contributed by atoms with Gasteiger partial charge in [0.25, 0.3) is 5.91 Å². The minimum absolute atomic E-state index is 0.0493. The Bertz CT molecular complexity index is 899. The third-order valence-corrected chi connectivity index (χ3v) is 5.39. The monoisotopic (exact) mass is 386 g/mol. The fraction of sp³-hybridized carbons (Fsp3) is 0.632. The maximum Gasteiger partial charge on any atom is 0.346 e. The maximum absolute atomic E-state index is 12.8. The summed E-state index contributed by atoms with van der Waals surface area (Å²) in [6.07, 6.45) is 6.95. The first-order valence-corrected chi connectivity index (χ1v) is 9.84. The van der Waals surface area contributed by atoms with Crippen LogP contribution in [0.4, 0.5) is 0 Å². The van der Waals surface area contributed by atoms with Gasteiger partial charge in [-0.05, 0) is 32.6 Å². The summed E-state index contributed by atoms with van der Waals surface area (Å²) in [7, 11) is 1.61. The van der Waals surface area contributed by atoms with E-state index in [0.29, 0.717) is 31.9 Å². The summed E-state index contributed by atoms with van der Waals surface area (Å²) in [5, 5.41) is 4.63. The Hall–Kier alpha value is -2.55. The largest absolute Gasteiger partial charge is 0.383 e. The minimum atomic E-state index is -0.115. The van der Waals surface area contributed by atoms with E-state index in [9.17, 15) is 9.59 Å². The van der Waals surface area contributed by atoms with Gasteiger partial charge in [-0.2, -0.15) is 5.10 Å². The van der Waals surface area contributed by atoms with Crippen molar-refractivity contribution in [3.05, 3.63) is 40.1 Å². The zero-order valence-electron chi connectivity index (χ0n) is 16.4. The summed E-state index contributed by atoms with van der Waals surface area (Å²) in [6.45, 7) is 3.96. The molecule has 9 heteroatoms. The fourth-order valence-electron chi connectivity index (χ4n) is 3.75. The highest BCUT2D eigenvalue weighted by Gasteiger charge is 2.35. The molecule has 1 saturated carbocycles. The van der Waals surface area contributed by atoms with Crippen molar-refractivity contribution in [2.45, 2.75) is 51.1 Å². The van der Waals surface area contributed by atoms with Crippen LogP contribution in [0, 0.1) is 6.92 Å². The van der Waals surface area contributed by atoms with Crippen LogP contribution in [0.15, 0.2) is 17.2 Å². The van der Waals surface area contributed by atoms with Crippen molar-refractivity contribution in [3.63, 3.8) is 0 Å². The van der Waals surface area contributed by atoms with Crippen molar-refractivity contribution in [3.8, 4) is 0 Å². The highest BCUT2D eigenvalue weighted by Crippen LogP contribution is 2.37. The van der Waals surface area contributed by atoms with Gasteiger partial charge in [0.2, 0.25) is 0 Å². The lowest BCUT2D eigenvalue weighted by atomic mass is 9.96. The molecule has 1 atom stereocenters. The average molecular weight is 386 g/mol. The van der Waals surface area contributed by atoms with Gasteiger partial charge < -0.3 is 9.64 Å². The van der Waals surface area contributed by atoms with E-state index >= 15 is 0 Å². The summed E-state index contributed by atoms with van der Waals surface area (Å²) in [5.41, 5.74) is 1.07. The van der Waals surface area contributed by atoms with Gasteiger partial charge >= 0.3 is 5.69 Å². The Labute approximate surface area is 163 Å². The number of ether oxygens (including phenoxy) is 1. The summed E-state index contributed by atoms with van der Waals surface area (Å²) >= 11 is 0. The van der Waals surface area contributed by atoms with Crippen molar-refractivity contribution < 1.29 is 9.53 Å². The van der Waals surface area contributed by atoms with Crippen molar-refractivity contribution >= 4 is 5.91 Å². The third kappa shape index (κ3) is 3.71. The lowest BCUT2D eigenvalue weighted by molar-refractivity contribution is 0.0696. The van der Waals surface area contributed by atoms with E-state index < -0.39 is 0 Å². The zero-order chi connectivity index (χ0) is 19.7. The maximum atomic E-state index is 12.8. The highest BCUT2D eigenvalue weighted by atomic mass is 16.5. The summed E-state index contributed by atoms with van der Waals surface area (Å²) < 4.78 is 8.45. The van der Waals surface area contributed by atoms with Crippen LogP contribution in [0.5, 0.6) is 0 Å². The molecule has 0 spiro atoms. The number of carbonyl (C=O) groups excluding carboxylic acids is 1. The predicted octanol–water partition coefficient (Wildman–Crippen LogP) is 1.14. The fourth-order valence-corrected chi connectivity index (χ4v) is 3.75. The Morgan fingerprint density at radius 2 is 2.07 bits per heavy atom. The number of aryl methyl sites for hydroxylation is 1. The molecule has 2 aromatic heterocycles. The van der Waals surface area contributed by atoms with Gasteiger partial charge in [-0.25, -0.2) is 14.5 Å². The molecule has 0 bridgehead atoms. The van der Waals surface area contributed by atoms with Gasteiger partial charge in [0.05, 0.1) is 25.0 Å². The molecule has 1 aliphatic carbocycles. The summed E-state index contributed by atoms with van der Waals surface area (Å²) in [6, 6.07) is 0.243. The molecule has 1 saturated heterocycles. The van der Waals surface area contributed by atoms with Gasteiger partial charge in [0.15, 0.2) is 0 Å². The molecule has 9 nitrogen and oxygen atoms in total. The van der Waals surface area contributed by atoms with E-state index in [0.717, 1.165) is 37.2 Å². The second-order valence-electron chi connectivity index (χ2n) is 7.59. The van der Waals surface area contributed by atoms with Crippen molar-refractivity contribution in [1.82, 2.24) is 29.2 Å².